The first kappa shape index (κ1) is 10.6. The van der Waals surface area contributed by atoms with Crippen molar-refractivity contribution in [3.05, 3.63) is 21.9 Å². The molecule has 1 aromatic heterocycles. The molecule has 1 heterocycles. The van der Waals surface area contributed by atoms with Crippen molar-refractivity contribution in [2.75, 3.05) is 0 Å². The Morgan fingerprint density at radius 2 is 2.13 bits per heavy atom. The summed E-state index contributed by atoms with van der Waals surface area (Å²) in [6, 6.07) is 1.57. The van der Waals surface area contributed by atoms with Crippen molar-refractivity contribution in [1.29, 1.82) is 0 Å². The van der Waals surface area contributed by atoms with Gasteiger partial charge in [0.2, 0.25) is 0 Å². The van der Waals surface area contributed by atoms with Crippen molar-refractivity contribution in [2.45, 2.75) is 31.8 Å². The van der Waals surface area contributed by atoms with Crippen LogP contribution in [0.15, 0.2) is 11.4 Å². The first-order valence-electron chi connectivity index (χ1n) is 5.19. The van der Waals surface area contributed by atoms with E-state index in [1.54, 1.807) is 11.4 Å². The van der Waals surface area contributed by atoms with E-state index in [0.717, 1.165) is 25.7 Å². The van der Waals surface area contributed by atoms with Crippen molar-refractivity contribution in [3.63, 3.8) is 0 Å². The third-order valence-electron chi connectivity index (χ3n) is 3.04. The van der Waals surface area contributed by atoms with Crippen molar-refractivity contribution >= 4 is 17.3 Å². The van der Waals surface area contributed by atoms with Crippen LogP contribution in [0.5, 0.6) is 0 Å². The van der Waals surface area contributed by atoms with E-state index < -0.39 is 12.1 Å². The maximum Gasteiger partial charge on any atom is 0.336 e. The second-order valence-corrected chi connectivity index (χ2v) is 4.94. The molecule has 0 aliphatic heterocycles. The highest BCUT2D eigenvalue weighted by molar-refractivity contribution is 7.10. The lowest BCUT2D eigenvalue weighted by molar-refractivity contribution is 0.0681. The Hall–Kier alpha value is -0.870. The van der Waals surface area contributed by atoms with Gasteiger partial charge >= 0.3 is 5.97 Å². The Morgan fingerprint density at radius 1 is 1.47 bits per heavy atom. The van der Waals surface area contributed by atoms with Gasteiger partial charge in [0.15, 0.2) is 0 Å². The van der Waals surface area contributed by atoms with Gasteiger partial charge in [0, 0.05) is 4.88 Å². The fourth-order valence-corrected chi connectivity index (χ4v) is 3.18. The smallest absolute Gasteiger partial charge is 0.336 e. The number of hydrogen-bond acceptors (Lipinski definition) is 3. The molecule has 0 saturated heterocycles. The predicted molar refractivity (Wildman–Crippen MR) is 58.2 cm³/mol. The van der Waals surface area contributed by atoms with Gasteiger partial charge < -0.3 is 10.2 Å². The maximum atomic E-state index is 10.9. The molecule has 0 radical (unpaired) electrons. The Bertz CT molecular complexity index is 352. The van der Waals surface area contributed by atoms with Gasteiger partial charge in [0.25, 0.3) is 0 Å². The summed E-state index contributed by atoms with van der Waals surface area (Å²) in [6.45, 7) is 0. The van der Waals surface area contributed by atoms with Crippen molar-refractivity contribution in [1.82, 2.24) is 0 Å². The molecule has 1 unspecified atom stereocenters. The van der Waals surface area contributed by atoms with Crippen molar-refractivity contribution < 1.29 is 15.0 Å². The van der Waals surface area contributed by atoms with Crippen LogP contribution in [-0.2, 0) is 0 Å². The molecule has 1 aliphatic rings. The third kappa shape index (κ3) is 2.06. The first-order chi connectivity index (χ1) is 7.20. The van der Waals surface area contributed by atoms with Crippen molar-refractivity contribution in [2.24, 2.45) is 5.92 Å². The second kappa shape index (κ2) is 4.33. The molecular formula is C11H14O3S. The van der Waals surface area contributed by atoms with Gasteiger partial charge in [0.05, 0.1) is 11.7 Å². The van der Waals surface area contributed by atoms with E-state index in [9.17, 15) is 9.90 Å². The summed E-state index contributed by atoms with van der Waals surface area (Å²) in [4.78, 5) is 11.5. The molecule has 4 heteroatoms. The fraction of sp³-hybridized carbons (Fsp3) is 0.545. The highest BCUT2D eigenvalue weighted by atomic mass is 32.1. The zero-order valence-electron chi connectivity index (χ0n) is 8.35. The third-order valence-corrected chi connectivity index (χ3v) is 4.03. The normalized spacial score (nSPS) is 19.3. The molecule has 1 fully saturated rings. The number of carboxylic acid groups (broad SMARTS) is 1. The van der Waals surface area contributed by atoms with Crippen molar-refractivity contribution in [3.8, 4) is 0 Å². The van der Waals surface area contributed by atoms with E-state index in [0.29, 0.717) is 4.88 Å². The Labute approximate surface area is 92.4 Å². The summed E-state index contributed by atoms with van der Waals surface area (Å²) < 4.78 is 0. The first-order valence-corrected chi connectivity index (χ1v) is 6.07. The molecule has 1 aromatic rings. The second-order valence-electron chi connectivity index (χ2n) is 3.99. The number of aliphatic hydroxyl groups is 1. The quantitative estimate of drug-likeness (QED) is 0.833. The van der Waals surface area contributed by atoms with Crippen LogP contribution >= 0.6 is 11.3 Å². The number of aromatic carboxylic acids is 1. The topological polar surface area (TPSA) is 57.5 Å². The van der Waals surface area contributed by atoms with Gasteiger partial charge in [-0.05, 0) is 30.2 Å². The standard InChI is InChI=1S/C11H14O3S/c12-9(7-3-1-2-4-7)10-8(11(13)14)5-6-15-10/h5-7,9,12H,1-4H2,(H,13,14). The molecular weight excluding hydrogens is 212 g/mol. The van der Waals surface area contributed by atoms with Crippen LogP contribution in [0.4, 0.5) is 0 Å². The fourth-order valence-electron chi connectivity index (χ4n) is 2.21. The summed E-state index contributed by atoms with van der Waals surface area (Å²) in [5.74, 6) is -0.690. The minimum Gasteiger partial charge on any atom is -0.478 e. The molecule has 2 rings (SSSR count). The highest BCUT2D eigenvalue weighted by Gasteiger charge is 2.28. The molecule has 0 spiro atoms. The molecule has 82 valence electrons. The lowest BCUT2D eigenvalue weighted by Crippen LogP contribution is -2.11. The summed E-state index contributed by atoms with van der Waals surface area (Å²) in [5, 5.41) is 20.8. The van der Waals surface area contributed by atoms with Crippen LogP contribution in [0.1, 0.15) is 47.0 Å². The molecule has 0 aromatic carbocycles. The number of thiophene rings is 1. The van der Waals surface area contributed by atoms with Gasteiger partial charge in [0.1, 0.15) is 0 Å². The molecule has 3 nitrogen and oxygen atoms in total. The van der Waals surface area contributed by atoms with E-state index in [1.807, 2.05) is 0 Å². The van der Waals surface area contributed by atoms with Crippen LogP contribution in [0.2, 0.25) is 0 Å². The number of carboxylic acids is 1. The van der Waals surface area contributed by atoms with Crippen LogP contribution in [0.25, 0.3) is 0 Å². The lowest BCUT2D eigenvalue weighted by Gasteiger charge is -2.16. The zero-order chi connectivity index (χ0) is 10.8. The molecule has 0 bridgehead atoms. The minimum atomic E-state index is -0.941. The molecule has 2 N–H and O–H groups in total. The summed E-state index contributed by atoms with van der Waals surface area (Å²) in [5.41, 5.74) is 0.263. The minimum absolute atomic E-state index is 0.252. The SMILES string of the molecule is O=C(O)c1ccsc1C(O)C1CCCC1. The number of aliphatic hydroxyl groups excluding tert-OH is 1. The van der Waals surface area contributed by atoms with Crippen LogP contribution in [0.3, 0.4) is 0 Å². The van der Waals surface area contributed by atoms with Gasteiger partial charge in [-0.1, -0.05) is 12.8 Å². The van der Waals surface area contributed by atoms with E-state index >= 15 is 0 Å². The van der Waals surface area contributed by atoms with E-state index in [-0.39, 0.29) is 11.5 Å². The Kier molecular flexibility index (Phi) is 3.07. The van der Waals surface area contributed by atoms with E-state index in [2.05, 4.69) is 0 Å². The largest absolute Gasteiger partial charge is 0.478 e. The summed E-state index contributed by atoms with van der Waals surface area (Å²) in [6.07, 6.45) is 3.74. The molecule has 0 amide bonds. The van der Waals surface area contributed by atoms with Crippen LogP contribution < -0.4 is 0 Å². The summed E-state index contributed by atoms with van der Waals surface area (Å²) >= 11 is 1.34. The van der Waals surface area contributed by atoms with E-state index in [1.165, 1.54) is 11.3 Å². The Balaban J connectivity index is 2.20. The number of hydrogen-bond donors (Lipinski definition) is 2. The van der Waals surface area contributed by atoms with E-state index in [4.69, 9.17) is 5.11 Å². The monoisotopic (exact) mass is 226 g/mol. The predicted octanol–water partition coefficient (Wildman–Crippen LogP) is 2.67. The van der Waals surface area contributed by atoms with Gasteiger partial charge in [-0.15, -0.1) is 11.3 Å². The number of rotatable bonds is 3. The number of carbonyl (C=O) groups is 1. The maximum absolute atomic E-state index is 10.9. The lowest BCUT2D eigenvalue weighted by atomic mass is 9.98. The summed E-state index contributed by atoms with van der Waals surface area (Å²) in [7, 11) is 0. The van der Waals surface area contributed by atoms with Gasteiger partial charge in [-0.25, -0.2) is 4.79 Å². The van der Waals surface area contributed by atoms with Gasteiger partial charge in [-0.3, -0.25) is 0 Å². The van der Waals surface area contributed by atoms with Gasteiger partial charge in [-0.2, -0.15) is 0 Å². The molecule has 1 aliphatic carbocycles. The van der Waals surface area contributed by atoms with Crippen LogP contribution in [0, 0.1) is 5.92 Å². The molecule has 1 saturated carbocycles. The Morgan fingerprint density at radius 3 is 2.73 bits per heavy atom. The average molecular weight is 226 g/mol. The molecule has 1 atom stereocenters. The van der Waals surface area contributed by atoms with Crippen LogP contribution in [-0.4, -0.2) is 16.2 Å². The zero-order valence-corrected chi connectivity index (χ0v) is 9.17. The highest BCUT2D eigenvalue weighted by Crippen LogP contribution is 2.38. The molecule has 15 heavy (non-hydrogen) atoms. The average Bonchev–Trinajstić information content (AvgIpc) is 2.88.